The average molecular weight is 108 g/mol. The molecule has 0 N–H and O–H groups in total. The molecule has 0 amide bonds. The Labute approximate surface area is 61.0 Å². The van der Waals surface area contributed by atoms with Crippen molar-refractivity contribution in [2.75, 3.05) is 6.61 Å². The van der Waals surface area contributed by atoms with Gasteiger partial charge in [0.25, 0.3) is 0 Å². The summed E-state index contributed by atoms with van der Waals surface area (Å²) in [6, 6.07) is 0. The topological polar surface area (TPSA) is 9.23 Å². The fourth-order valence-corrected chi connectivity index (χ4v) is 0.739. The third-order valence-corrected chi connectivity index (χ3v) is 1.16. The quantitative estimate of drug-likeness (QED) is 0.426. The van der Waals surface area contributed by atoms with Crippen LogP contribution in [0, 0.1) is 0 Å². The van der Waals surface area contributed by atoms with Gasteiger partial charge >= 0.3 is 23.3 Å². The van der Waals surface area contributed by atoms with E-state index in [1.807, 2.05) is 23.3 Å². The van der Waals surface area contributed by atoms with Gasteiger partial charge < -0.3 is 4.74 Å². The molecule has 0 aromatic heterocycles. The maximum absolute atomic E-state index is 5.15. The Hall–Kier alpha value is 0.557. The monoisotopic (exact) mass is 108 g/mol. The number of ether oxygens (including phenoxy) is 1. The van der Waals surface area contributed by atoms with Crippen LogP contribution in [0.5, 0.6) is 0 Å². The van der Waals surface area contributed by atoms with Gasteiger partial charge in [0, 0.05) is 6.61 Å². The Bertz CT molecular complexity index is 41.8. The van der Waals surface area contributed by atoms with Crippen LogP contribution < -0.4 is 0 Å². The van der Waals surface area contributed by atoms with Gasteiger partial charge in [-0.1, -0.05) is 0 Å². The molecule has 1 atom stereocenters. The predicted octanol–water partition coefficient (Wildman–Crippen LogP) is 1.39. The molecule has 1 aliphatic rings. The number of rotatable bonds is 0. The van der Waals surface area contributed by atoms with Crippen LogP contribution in [0.1, 0.15) is 19.8 Å². The molecule has 1 heterocycles. The van der Waals surface area contributed by atoms with E-state index in [1.54, 1.807) is 0 Å². The van der Waals surface area contributed by atoms with Crippen LogP contribution in [0.3, 0.4) is 0 Å². The fraction of sp³-hybridized carbons (Fsp3) is 1.00. The molecule has 0 bridgehead atoms. The summed E-state index contributed by atoms with van der Waals surface area (Å²) in [5.74, 6) is 0. The summed E-state index contributed by atoms with van der Waals surface area (Å²) in [5.41, 5.74) is 2.00. The van der Waals surface area contributed by atoms with Gasteiger partial charge in [-0.3, -0.25) is 0 Å². The van der Waals surface area contributed by atoms with Gasteiger partial charge in [-0.25, -0.2) is 0 Å². The van der Waals surface area contributed by atoms with Crippen molar-refractivity contribution >= 4 is 17.7 Å². The van der Waals surface area contributed by atoms with E-state index < -0.39 is 0 Å². The SMILES string of the molecule is CC1CCCO1.[Li][CH3]. The summed E-state index contributed by atoms with van der Waals surface area (Å²) < 4.78 is 5.15. The first-order chi connectivity index (χ1) is 3.89. The van der Waals surface area contributed by atoms with Gasteiger partial charge in [-0.2, -0.15) is 0 Å². The Morgan fingerprint density at radius 2 is 2.12 bits per heavy atom. The van der Waals surface area contributed by atoms with Crippen molar-refractivity contribution in [2.45, 2.75) is 31.5 Å². The Morgan fingerprint density at radius 1 is 1.50 bits per heavy atom. The van der Waals surface area contributed by atoms with Gasteiger partial charge in [0.05, 0.1) is 6.10 Å². The third-order valence-electron chi connectivity index (χ3n) is 1.16. The van der Waals surface area contributed by atoms with Gasteiger partial charge in [0.2, 0.25) is 0 Å². The maximum atomic E-state index is 5.15. The number of hydrogen-bond acceptors (Lipinski definition) is 1. The summed E-state index contributed by atoms with van der Waals surface area (Å²) in [6.07, 6.45) is 3.08. The van der Waals surface area contributed by atoms with E-state index in [2.05, 4.69) is 6.92 Å². The average Bonchev–Trinajstić information content (AvgIpc) is 2.24. The van der Waals surface area contributed by atoms with Crippen LogP contribution in [-0.2, 0) is 4.74 Å². The van der Waals surface area contributed by atoms with E-state index in [9.17, 15) is 0 Å². The Morgan fingerprint density at radius 3 is 2.25 bits per heavy atom. The first kappa shape index (κ1) is 8.56. The van der Waals surface area contributed by atoms with E-state index >= 15 is 0 Å². The Kier molecular flexibility index (Phi) is 6.09. The molecule has 1 fully saturated rings. The molecule has 0 saturated carbocycles. The van der Waals surface area contributed by atoms with Crippen molar-refractivity contribution in [1.29, 1.82) is 0 Å². The molecule has 8 heavy (non-hydrogen) atoms. The van der Waals surface area contributed by atoms with Crippen LogP contribution in [0.25, 0.3) is 0 Å². The van der Waals surface area contributed by atoms with Gasteiger partial charge in [0.1, 0.15) is 0 Å². The molecule has 0 aromatic rings. The minimum atomic E-state index is 0.546. The zero-order chi connectivity index (χ0) is 6.41. The molecule has 44 valence electrons. The van der Waals surface area contributed by atoms with Crippen molar-refractivity contribution < 1.29 is 4.74 Å². The van der Waals surface area contributed by atoms with E-state index in [-0.39, 0.29) is 0 Å². The molecule has 1 nitrogen and oxygen atoms in total. The van der Waals surface area contributed by atoms with Crippen molar-refractivity contribution in [3.63, 3.8) is 0 Å². The van der Waals surface area contributed by atoms with Crippen molar-refractivity contribution in [1.82, 2.24) is 0 Å². The third kappa shape index (κ3) is 3.55. The summed E-state index contributed by atoms with van der Waals surface area (Å²) in [4.78, 5) is 0. The van der Waals surface area contributed by atoms with Crippen LogP contribution in [0.2, 0.25) is 5.60 Å². The molecule has 0 radical (unpaired) electrons. The second-order valence-corrected chi connectivity index (χ2v) is 1.82. The summed E-state index contributed by atoms with van der Waals surface area (Å²) in [5, 5.41) is 0. The second-order valence-electron chi connectivity index (χ2n) is 1.82. The van der Waals surface area contributed by atoms with Gasteiger partial charge in [-0.05, 0) is 19.8 Å². The van der Waals surface area contributed by atoms with E-state index in [0.29, 0.717) is 6.10 Å². The zero-order valence-corrected chi connectivity index (χ0v) is 6.11. The molecule has 1 aliphatic heterocycles. The summed E-state index contributed by atoms with van der Waals surface area (Å²) >= 11 is 2.00. The fourth-order valence-electron chi connectivity index (χ4n) is 0.739. The van der Waals surface area contributed by atoms with Crippen LogP contribution in [-0.4, -0.2) is 30.4 Å². The molecule has 0 spiro atoms. The second kappa shape index (κ2) is 5.69. The molecule has 1 saturated heterocycles. The van der Waals surface area contributed by atoms with Crippen LogP contribution >= 0.6 is 0 Å². The van der Waals surface area contributed by atoms with Gasteiger partial charge in [-0.15, -0.1) is 0 Å². The summed E-state index contributed by atoms with van der Waals surface area (Å²) in [6.45, 7) is 3.11. The standard InChI is InChI=1S/C5H10O.CH3.Li/c1-5-3-2-4-6-5;;/h5H,2-4H2,1H3;1H3;. The zero-order valence-electron chi connectivity index (χ0n) is 6.11. The normalized spacial score (nSPS) is 26.8. The van der Waals surface area contributed by atoms with E-state index in [4.69, 9.17) is 4.74 Å². The molecular formula is C6H13LiO. The molecule has 1 unspecified atom stereocenters. The van der Waals surface area contributed by atoms with E-state index in [0.717, 1.165) is 6.61 Å². The molecular weight excluding hydrogens is 95.0 g/mol. The molecule has 2 heteroatoms. The first-order valence-corrected chi connectivity index (χ1v) is 3.51. The van der Waals surface area contributed by atoms with E-state index in [1.165, 1.54) is 12.8 Å². The van der Waals surface area contributed by atoms with Crippen molar-refractivity contribution in [2.24, 2.45) is 0 Å². The minimum absolute atomic E-state index is 0.546. The van der Waals surface area contributed by atoms with Crippen LogP contribution in [0.4, 0.5) is 0 Å². The first-order valence-electron chi connectivity index (χ1n) is 3.51. The van der Waals surface area contributed by atoms with Crippen LogP contribution in [0.15, 0.2) is 0 Å². The molecule has 0 aliphatic carbocycles. The Balaban J connectivity index is 0.000000222. The predicted molar refractivity (Wildman–Crippen MR) is 36.3 cm³/mol. The van der Waals surface area contributed by atoms with Gasteiger partial charge in [0.15, 0.2) is 0 Å². The number of hydrogen-bond donors (Lipinski definition) is 0. The van der Waals surface area contributed by atoms with Crippen molar-refractivity contribution in [3.05, 3.63) is 0 Å². The van der Waals surface area contributed by atoms with Crippen molar-refractivity contribution in [3.8, 4) is 0 Å². The molecule has 0 aromatic carbocycles. The molecule has 1 rings (SSSR count). The summed E-state index contributed by atoms with van der Waals surface area (Å²) in [7, 11) is 0.